The molecule has 3 aromatic rings. The number of halogens is 2. The van der Waals surface area contributed by atoms with Gasteiger partial charge in [-0.05, 0) is 22.4 Å². The maximum Gasteiger partial charge on any atom is 0.304 e. The molecule has 2 heterocycles. The molecule has 0 radical (unpaired) electrons. The molecule has 3 N–H and O–H groups in total. The van der Waals surface area contributed by atoms with Gasteiger partial charge in [0.15, 0.2) is 5.69 Å². The zero-order valence-corrected chi connectivity index (χ0v) is 16.6. The Bertz CT molecular complexity index is 938. The maximum absolute atomic E-state index is 11.5. The van der Waals surface area contributed by atoms with Crippen molar-refractivity contribution in [1.82, 2.24) is 14.9 Å². The van der Waals surface area contributed by atoms with Crippen LogP contribution in [0.1, 0.15) is 35.1 Å². The van der Waals surface area contributed by atoms with Gasteiger partial charge in [0.05, 0.1) is 25.4 Å². The van der Waals surface area contributed by atoms with Crippen molar-refractivity contribution in [3.63, 3.8) is 0 Å². The van der Waals surface area contributed by atoms with Gasteiger partial charge in [-0.25, -0.2) is 4.57 Å². The number of H-pyrrole nitrogens is 1. The fourth-order valence-corrected chi connectivity index (χ4v) is 3.31. The van der Waals surface area contributed by atoms with E-state index in [0.717, 1.165) is 16.0 Å². The molecule has 1 unspecified atom stereocenters. The second-order valence-electron chi connectivity index (χ2n) is 6.26. The lowest BCUT2D eigenvalue weighted by Crippen LogP contribution is -3.00. The highest BCUT2D eigenvalue weighted by Gasteiger charge is 2.36. The minimum Gasteiger partial charge on any atom is -1.00 e. The first-order valence-electron chi connectivity index (χ1n) is 8.09. The van der Waals surface area contributed by atoms with Gasteiger partial charge in [0.2, 0.25) is 0 Å². The van der Waals surface area contributed by atoms with Gasteiger partial charge in [-0.2, -0.15) is 5.10 Å². The van der Waals surface area contributed by atoms with Crippen LogP contribution in [0.4, 0.5) is 0 Å². The average Bonchev–Trinajstić information content (AvgIpc) is 3.15. The molecule has 0 bridgehead atoms. The molecule has 144 valence electrons. The summed E-state index contributed by atoms with van der Waals surface area (Å²) < 4.78 is 2.86. The van der Waals surface area contributed by atoms with E-state index in [1.807, 2.05) is 23.6 Å². The van der Waals surface area contributed by atoms with Gasteiger partial charge in [-0.1, -0.05) is 23.7 Å². The number of hydrogen-bond acceptors (Lipinski definition) is 3. The monoisotopic (exact) mass is 410 g/mol. The molecule has 0 saturated heterocycles. The van der Waals surface area contributed by atoms with Gasteiger partial charge in [0.1, 0.15) is 11.6 Å². The summed E-state index contributed by atoms with van der Waals surface area (Å²) in [6.45, 7) is 3.66. The Labute approximate surface area is 167 Å². The van der Waals surface area contributed by atoms with Crippen molar-refractivity contribution in [2.24, 2.45) is 7.05 Å². The number of hydrogen-bond donors (Lipinski definition) is 3. The quantitative estimate of drug-likeness (QED) is 0.401. The SMILES string of the molecule is Cc1c(C)[n+](C)c(C(CC(=O)O)c2cn[nH]c2-c2ccc(Cl)cc2)n1O.[Cl-]. The zero-order chi connectivity index (χ0) is 19.0. The summed E-state index contributed by atoms with van der Waals surface area (Å²) in [5, 5.41) is 27.6. The van der Waals surface area contributed by atoms with Crippen LogP contribution in [-0.4, -0.2) is 31.2 Å². The van der Waals surface area contributed by atoms with E-state index in [4.69, 9.17) is 11.6 Å². The van der Waals surface area contributed by atoms with Gasteiger partial charge < -0.3 is 22.7 Å². The average molecular weight is 411 g/mol. The van der Waals surface area contributed by atoms with Crippen LogP contribution < -0.4 is 17.0 Å². The van der Waals surface area contributed by atoms with Crippen molar-refractivity contribution in [1.29, 1.82) is 0 Å². The smallest absolute Gasteiger partial charge is 0.304 e. The van der Waals surface area contributed by atoms with Crippen molar-refractivity contribution in [2.45, 2.75) is 26.2 Å². The number of nitrogens with one attached hydrogen (secondary N) is 1. The van der Waals surface area contributed by atoms with Crippen molar-refractivity contribution in [3.8, 4) is 11.3 Å². The van der Waals surface area contributed by atoms with Gasteiger partial charge in [-0.3, -0.25) is 9.89 Å². The van der Waals surface area contributed by atoms with E-state index in [-0.39, 0.29) is 18.8 Å². The molecule has 0 saturated carbocycles. The zero-order valence-electron chi connectivity index (χ0n) is 15.1. The minimum atomic E-state index is -0.963. The normalized spacial score (nSPS) is 11.9. The lowest BCUT2D eigenvalue weighted by molar-refractivity contribution is -0.686. The molecule has 1 aromatic carbocycles. The van der Waals surface area contributed by atoms with Crippen molar-refractivity contribution < 1.29 is 32.1 Å². The first kappa shape index (κ1) is 20.8. The Morgan fingerprint density at radius 2 is 1.96 bits per heavy atom. The summed E-state index contributed by atoms with van der Waals surface area (Å²) in [4.78, 5) is 11.5. The Morgan fingerprint density at radius 3 is 2.48 bits per heavy atom. The predicted molar refractivity (Wildman–Crippen MR) is 95.4 cm³/mol. The Balaban J connectivity index is 0.00000261. The number of nitrogens with zero attached hydrogens (tertiary/aromatic N) is 3. The second-order valence-corrected chi connectivity index (χ2v) is 6.69. The van der Waals surface area contributed by atoms with E-state index >= 15 is 0 Å². The van der Waals surface area contributed by atoms with Gasteiger partial charge in [0, 0.05) is 24.4 Å². The van der Waals surface area contributed by atoms with Crippen molar-refractivity contribution in [3.05, 3.63) is 58.3 Å². The van der Waals surface area contributed by atoms with Gasteiger partial charge >= 0.3 is 11.8 Å². The molecule has 9 heteroatoms. The summed E-state index contributed by atoms with van der Waals surface area (Å²) in [6, 6.07) is 7.20. The van der Waals surface area contributed by atoms with E-state index in [1.165, 1.54) is 0 Å². The number of aliphatic carboxylic acids is 1. The number of benzene rings is 1. The van der Waals surface area contributed by atoms with Gasteiger partial charge in [0.25, 0.3) is 0 Å². The van der Waals surface area contributed by atoms with E-state index < -0.39 is 11.9 Å². The van der Waals surface area contributed by atoms with Crippen LogP contribution >= 0.6 is 11.6 Å². The number of carbonyl (C=O) groups is 1. The third-order valence-electron chi connectivity index (χ3n) is 4.77. The summed E-state index contributed by atoms with van der Waals surface area (Å²) >= 11 is 5.96. The fourth-order valence-electron chi connectivity index (χ4n) is 3.19. The number of imidazole rings is 1. The largest absolute Gasteiger partial charge is 1.00 e. The lowest BCUT2D eigenvalue weighted by atomic mass is 9.92. The highest BCUT2D eigenvalue weighted by Crippen LogP contribution is 2.34. The highest BCUT2D eigenvalue weighted by atomic mass is 35.5. The van der Waals surface area contributed by atoms with E-state index in [9.17, 15) is 15.1 Å². The molecular formula is C18H20Cl2N4O3. The Kier molecular flexibility index (Phi) is 6.18. The summed E-state index contributed by atoms with van der Waals surface area (Å²) in [6.07, 6.45) is 1.42. The molecule has 0 spiro atoms. The van der Waals surface area contributed by atoms with Crippen LogP contribution in [0.25, 0.3) is 11.3 Å². The third kappa shape index (κ3) is 3.79. The minimum absolute atomic E-state index is 0. The molecule has 0 amide bonds. The van der Waals surface area contributed by atoms with Gasteiger partial charge in [-0.15, -0.1) is 0 Å². The lowest BCUT2D eigenvalue weighted by Gasteiger charge is -2.12. The van der Waals surface area contributed by atoms with Crippen LogP contribution in [0.5, 0.6) is 0 Å². The number of carboxylic acid groups (broad SMARTS) is 1. The molecule has 0 aliphatic carbocycles. The highest BCUT2D eigenvalue weighted by molar-refractivity contribution is 6.30. The molecule has 2 aromatic heterocycles. The predicted octanol–water partition coefficient (Wildman–Crippen LogP) is -0.179. The van der Waals surface area contributed by atoms with Crippen LogP contribution in [0.2, 0.25) is 5.02 Å². The number of carboxylic acids is 1. The molecule has 0 aliphatic heterocycles. The second kappa shape index (κ2) is 8.02. The maximum atomic E-state index is 11.5. The molecule has 27 heavy (non-hydrogen) atoms. The standard InChI is InChI=1S/C18H19ClN4O3.ClH/c1-10-11(2)23(26)18(22(10)3)14(8-16(24)25)15-9-20-21-17(15)12-4-6-13(19)7-5-12;/h4-7,9,14H,8H2,1-3H3,(H2-,20,21,24,25,26);1H. The van der Waals surface area contributed by atoms with Crippen molar-refractivity contribution >= 4 is 17.6 Å². The summed E-state index contributed by atoms with van der Waals surface area (Å²) in [5.41, 5.74) is 3.75. The van der Waals surface area contributed by atoms with E-state index in [2.05, 4.69) is 10.2 Å². The molecule has 7 nitrogen and oxygen atoms in total. The fraction of sp³-hybridized carbons (Fsp3) is 0.278. The summed E-state index contributed by atoms with van der Waals surface area (Å²) in [5.74, 6) is -1.06. The topological polar surface area (TPSA) is 95.0 Å². The number of aromatic amines is 1. The Hall–Kier alpha value is -2.51. The first-order valence-corrected chi connectivity index (χ1v) is 8.47. The third-order valence-corrected chi connectivity index (χ3v) is 5.02. The van der Waals surface area contributed by atoms with E-state index in [0.29, 0.717) is 27.8 Å². The molecular weight excluding hydrogens is 391 g/mol. The number of rotatable bonds is 5. The number of aromatic nitrogens is 4. The van der Waals surface area contributed by atoms with Crippen molar-refractivity contribution in [2.75, 3.05) is 0 Å². The molecule has 0 aliphatic rings. The van der Waals surface area contributed by atoms with E-state index in [1.54, 1.807) is 32.3 Å². The van der Waals surface area contributed by atoms with Crippen LogP contribution in [-0.2, 0) is 11.8 Å². The summed E-state index contributed by atoms with van der Waals surface area (Å²) in [7, 11) is 1.81. The van der Waals surface area contributed by atoms with Crippen LogP contribution in [0, 0.1) is 13.8 Å². The Morgan fingerprint density at radius 1 is 1.33 bits per heavy atom. The van der Waals surface area contributed by atoms with Crippen LogP contribution in [0.15, 0.2) is 30.5 Å². The first-order chi connectivity index (χ1) is 12.3. The molecule has 3 rings (SSSR count). The molecule has 0 fully saturated rings. The molecule has 1 atom stereocenters. The van der Waals surface area contributed by atoms with Crippen LogP contribution in [0.3, 0.4) is 0 Å².